The molecule has 1 N–H and O–H groups in total. The minimum absolute atomic E-state index is 0.512. The van der Waals surface area contributed by atoms with Crippen LogP contribution in [0.15, 0.2) is 22.7 Å². The largest absolute Gasteiger partial charge is 0.381 e. The molecule has 1 atom stereocenters. The average molecular weight is 355 g/mol. The van der Waals surface area contributed by atoms with E-state index in [9.17, 15) is 0 Å². The number of hydrogen-bond acceptors (Lipinski definition) is 3. The van der Waals surface area contributed by atoms with Gasteiger partial charge in [0, 0.05) is 37.3 Å². The zero-order chi connectivity index (χ0) is 15.2. The zero-order valence-electron chi connectivity index (χ0n) is 13.4. The quantitative estimate of drug-likeness (QED) is 0.840. The first-order valence-corrected chi connectivity index (χ1v) is 8.66. The van der Waals surface area contributed by atoms with Crippen LogP contribution in [0.25, 0.3) is 0 Å². The van der Waals surface area contributed by atoms with Crippen molar-refractivity contribution in [2.45, 2.75) is 39.3 Å². The Kier molecular flexibility index (Phi) is 6.52. The topological polar surface area (TPSA) is 24.5 Å². The monoisotopic (exact) mass is 354 g/mol. The Balaban J connectivity index is 1.95. The first-order valence-electron chi connectivity index (χ1n) is 7.87. The molecule has 3 nitrogen and oxygen atoms in total. The van der Waals surface area contributed by atoms with Crippen LogP contribution >= 0.6 is 15.9 Å². The molecule has 1 aliphatic heterocycles. The van der Waals surface area contributed by atoms with Gasteiger partial charge in [-0.15, -0.1) is 0 Å². The first kappa shape index (κ1) is 16.8. The SMILES string of the molecule is CC(C)NCc1ccc(N(C)CC2CCCOC2)c(Br)c1. The van der Waals surface area contributed by atoms with E-state index in [0.717, 1.165) is 26.3 Å². The lowest BCUT2D eigenvalue weighted by Gasteiger charge is -2.29. The summed E-state index contributed by atoms with van der Waals surface area (Å²) >= 11 is 3.72. The molecular formula is C17H27BrN2O. The number of ether oxygens (including phenoxy) is 1. The van der Waals surface area contributed by atoms with Gasteiger partial charge in [-0.2, -0.15) is 0 Å². The molecule has 1 unspecified atom stereocenters. The van der Waals surface area contributed by atoms with E-state index in [2.05, 4.69) is 65.2 Å². The Morgan fingerprint density at radius 3 is 2.86 bits per heavy atom. The van der Waals surface area contributed by atoms with Gasteiger partial charge in [-0.1, -0.05) is 19.9 Å². The minimum atomic E-state index is 0.512. The molecule has 1 fully saturated rings. The number of rotatable bonds is 6. The van der Waals surface area contributed by atoms with Crippen molar-refractivity contribution in [3.8, 4) is 0 Å². The van der Waals surface area contributed by atoms with Crippen LogP contribution in [0.5, 0.6) is 0 Å². The van der Waals surface area contributed by atoms with Crippen molar-refractivity contribution in [3.63, 3.8) is 0 Å². The molecule has 0 spiro atoms. The van der Waals surface area contributed by atoms with Gasteiger partial charge in [0.2, 0.25) is 0 Å². The van der Waals surface area contributed by atoms with E-state index < -0.39 is 0 Å². The number of nitrogens with zero attached hydrogens (tertiary/aromatic N) is 1. The highest BCUT2D eigenvalue weighted by Crippen LogP contribution is 2.28. The second kappa shape index (κ2) is 8.16. The van der Waals surface area contributed by atoms with Crippen LogP contribution < -0.4 is 10.2 Å². The van der Waals surface area contributed by atoms with Crippen molar-refractivity contribution in [1.29, 1.82) is 0 Å². The molecule has 1 aromatic carbocycles. The molecule has 0 bridgehead atoms. The summed E-state index contributed by atoms with van der Waals surface area (Å²) in [5, 5.41) is 3.45. The Hall–Kier alpha value is -0.580. The van der Waals surface area contributed by atoms with E-state index in [-0.39, 0.29) is 0 Å². The minimum Gasteiger partial charge on any atom is -0.381 e. The third kappa shape index (κ3) is 5.28. The molecule has 1 saturated heterocycles. The van der Waals surface area contributed by atoms with Gasteiger partial charge in [-0.3, -0.25) is 0 Å². The Bertz CT molecular complexity index is 444. The number of hydrogen-bond donors (Lipinski definition) is 1. The molecule has 1 aromatic rings. The van der Waals surface area contributed by atoms with Crippen molar-refractivity contribution in [2.24, 2.45) is 5.92 Å². The van der Waals surface area contributed by atoms with E-state index >= 15 is 0 Å². The maximum absolute atomic E-state index is 5.58. The molecule has 4 heteroatoms. The van der Waals surface area contributed by atoms with Gasteiger partial charge in [0.05, 0.1) is 12.3 Å². The van der Waals surface area contributed by atoms with E-state index in [4.69, 9.17) is 4.74 Å². The summed E-state index contributed by atoms with van der Waals surface area (Å²) in [7, 11) is 2.17. The lowest BCUT2D eigenvalue weighted by Crippen LogP contribution is -2.31. The lowest BCUT2D eigenvalue weighted by atomic mass is 10.0. The highest BCUT2D eigenvalue weighted by molar-refractivity contribution is 9.10. The third-order valence-electron chi connectivity index (χ3n) is 3.92. The van der Waals surface area contributed by atoms with Crippen molar-refractivity contribution < 1.29 is 4.74 Å². The molecule has 0 amide bonds. The Morgan fingerprint density at radius 1 is 1.43 bits per heavy atom. The first-order chi connectivity index (χ1) is 10.1. The van der Waals surface area contributed by atoms with Crippen LogP contribution in [0.3, 0.4) is 0 Å². The van der Waals surface area contributed by atoms with Crippen molar-refractivity contribution in [1.82, 2.24) is 5.32 Å². The maximum Gasteiger partial charge on any atom is 0.0511 e. The van der Waals surface area contributed by atoms with Gasteiger partial charge in [0.15, 0.2) is 0 Å². The molecule has 0 radical (unpaired) electrons. The predicted octanol–water partition coefficient (Wildman–Crippen LogP) is 3.81. The van der Waals surface area contributed by atoms with E-state index in [0.29, 0.717) is 12.0 Å². The summed E-state index contributed by atoms with van der Waals surface area (Å²) < 4.78 is 6.75. The van der Waals surface area contributed by atoms with Gasteiger partial charge in [-0.25, -0.2) is 0 Å². The molecular weight excluding hydrogens is 328 g/mol. The lowest BCUT2D eigenvalue weighted by molar-refractivity contribution is 0.0576. The molecule has 1 heterocycles. The number of nitrogens with one attached hydrogen (secondary N) is 1. The molecule has 1 aliphatic rings. The Morgan fingerprint density at radius 2 is 2.24 bits per heavy atom. The summed E-state index contributed by atoms with van der Waals surface area (Å²) in [5.41, 5.74) is 2.57. The standard InChI is InChI=1S/C17H27BrN2O/c1-13(2)19-10-14-6-7-17(16(18)9-14)20(3)11-15-5-4-8-21-12-15/h6-7,9,13,15,19H,4-5,8,10-12H2,1-3H3. The van der Waals surface area contributed by atoms with E-state index in [1.165, 1.54) is 28.6 Å². The molecule has 21 heavy (non-hydrogen) atoms. The van der Waals surface area contributed by atoms with Crippen LogP contribution in [0.2, 0.25) is 0 Å². The van der Waals surface area contributed by atoms with Crippen LogP contribution in [0, 0.1) is 5.92 Å². The van der Waals surface area contributed by atoms with Gasteiger partial charge >= 0.3 is 0 Å². The fraction of sp³-hybridized carbons (Fsp3) is 0.647. The van der Waals surface area contributed by atoms with Gasteiger partial charge in [-0.05, 0) is 52.4 Å². The van der Waals surface area contributed by atoms with Gasteiger partial charge < -0.3 is 15.0 Å². The summed E-state index contributed by atoms with van der Waals surface area (Å²) in [5.74, 6) is 0.651. The zero-order valence-corrected chi connectivity index (χ0v) is 14.9. The fourth-order valence-electron chi connectivity index (χ4n) is 2.73. The van der Waals surface area contributed by atoms with Gasteiger partial charge in [0.25, 0.3) is 0 Å². The number of benzene rings is 1. The second-order valence-electron chi connectivity index (χ2n) is 6.29. The summed E-state index contributed by atoms with van der Waals surface area (Å²) in [6, 6.07) is 7.16. The highest BCUT2D eigenvalue weighted by Gasteiger charge is 2.17. The third-order valence-corrected chi connectivity index (χ3v) is 4.56. The number of anilines is 1. The van der Waals surface area contributed by atoms with E-state index in [1.807, 2.05) is 0 Å². The van der Waals surface area contributed by atoms with Crippen LogP contribution in [0.4, 0.5) is 5.69 Å². The molecule has 0 aromatic heterocycles. The summed E-state index contributed by atoms with van der Waals surface area (Å²) in [6.45, 7) is 8.14. The normalized spacial score (nSPS) is 19.0. The fourth-order valence-corrected chi connectivity index (χ4v) is 3.46. The second-order valence-corrected chi connectivity index (χ2v) is 7.14. The van der Waals surface area contributed by atoms with Crippen LogP contribution in [-0.4, -0.2) is 32.8 Å². The van der Waals surface area contributed by atoms with Gasteiger partial charge in [0.1, 0.15) is 0 Å². The van der Waals surface area contributed by atoms with Crippen molar-refractivity contribution in [3.05, 3.63) is 28.2 Å². The summed E-state index contributed by atoms with van der Waals surface area (Å²) in [6.07, 6.45) is 2.47. The van der Waals surface area contributed by atoms with Crippen LogP contribution in [-0.2, 0) is 11.3 Å². The van der Waals surface area contributed by atoms with Crippen molar-refractivity contribution in [2.75, 3.05) is 31.7 Å². The molecule has 0 saturated carbocycles. The van der Waals surface area contributed by atoms with Crippen molar-refractivity contribution >= 4 is 21.6 Å². The smallest absolute Gasteiger partial charge is 0.0511 e. The van der Waals surface area contributed by atoms with Crippen LogP contribution in [0.1, 0.15) is 32.3 Å². The number of halogens is 1. The molecule has 118 valence electrons. The van der Waals surface area contributed by atoms with E-state index in [1.54, 1.807) is 0 Å². The average Bonchev–Trinajstić information content (AvgIpc) is 2.46. The summed E-state index contributed by atoms with van der Waals surface area (Å²) in [4.78, 5) is 2.34. The predicted molar refractivity (Wildman–Crippen MR) is 92.9 cm³/mol. The molecule has 0 aliphatic carbocycles. The molecule has 2 rings (SSSR count). The maximum atomic E-state index is 5.58. The highest BCUT2D eigenvalue weighted by atomic mass is 79.9. The Labute approximate surface area is 137 Å².